The van der Waals surface area contributed by atoms with Crippen LogP contribution in [-0.2, 0) is 18.9 Å². The molecule has 8 N–H and O–H groups in total. The highest BCUT2D eigenvalue weighted by Crippen LogP contribution is 2.62. The maximum atomic E-state index is 10.8. The van der Waals surface area contributed by atoms with Gasteiger partial charge >= 0.3 is 0 Å². The summed E-state index contributed by atoms with van der Waals surface area (Å²) in [5.74, 6) is 0.654. The van der Waals surface area contributed by atoms with Crippen molar-refractivity contribution in [1.82, 2.24) is 0 Å². The largest absolute Gasteiger partial charge is 0.393 e. The molecule has 4 rings (SSSR count). The van der Waals surface area contributed by atoms with Gasteiger partial charge in [-0.15, -0.1) is 0 Å². The van der Waals surface area contributed by atoms with Crippen molar-refractivity contribution in [3.8, 4) is 0 Å². The Morgan fingerprint density at radius 1 is 1.05 bits per heavy atom. The molecule has 0 amide bonds. The highest BCUT2D eigenvalue weighted by molar-refractivity contribution is 5.23. The van der Waals surface area contributed by atoms with E-state index in [4.69, 9.17) is 18.9 Å². The van der Waals surface area contributed by atoms with E-state index in [0.29, 0.717) is 12.3 Å². The summed E-state index contributed by atoms with van der Waals surface area (Å²) in [7, 11) is 0. The molecule has 43 heavy (non-hydrogen) atoms. The second-order valence-electron chi connectivity index (χ2n) is 13.4. The molecule has 0 bridgehead atoms. The molecule has 3 fully saturated rings. The molecule has 12 atom stereocenters. The van der Waals surface area contributed by atoms with Crippen molar-refractivity contribution in [1.29, 1.82) is 0 Å². The summed E-state index contributed by atoms with van der Waals surface area (Å²) in [5.41, 5.74) is -0.267. The number of allylic oxidation sites excluding steroid dienone is 1. The smallest absolute Gasteiger partial charge is 0.186 e. The van der Waals surface area contributed by atoms with E-state index >= 15 is 0 Å². The van der Waals surface area contributed by atoms with Crippen LogP contribution in [0.4, 0.5) is 0 Å². The zero-order chi connectivity index (χ0) is 31.6. The lowest BCUT2D eigenvalue weighted by molar-refractivity contribution is -0.316. The Morgan fingerprint density at radius 3 is 2.44 bits per heavy atom. The molecule has 12 heteroatoms. The molecular weight excluding hydrogens is 564 g/mol. The molecule has 2 heterocycles. The second kappa shape index (κ2) is 14.2. The predicted molar refractivity (Wildman–Crippen MR) is 153 cm³/mol. The first-order valence-electron chi connectivity index (χ1n) is 15.5. The van der Waals surface area contributed by atoms with Gasteiger partial charge in [0.15, 0.2) is 12.6 Å². The van der Waals surface area contributed by atoms with E-state index in [1.54, 1.807) is 6.08 Å². The van der Waals surface area contributed by atoms with Gasteiger partial charge in [0.25, 0.3) is 0 Å². The van der Waals surface area contributed by atoms with E-state index in [-0.39, 0.29) is 49.8 Å². The Kier molecular flexibility index (Phi) is 11.5. The molecule has 248 valence electrons. The maximum absolute atomic E-state index is 10.8. The predicted octanol–water partition coefficient (Wildman–Crippen LogP) is -0.262. The van der Waals surface area contributed by atoms with Gasteiger partial charge in [-0.25, -0.2) is 0 Å². The molecule has 0 spiro atoms. The molecule has 0 aromatic rings. The minimum absolute atomic E-state index is 0.0857. The Balaban J connectivity index is 1.47. The van der Waals surface area contributed by atoms with Crippen molar-refractivity contribution in [2.45, 2.75) is 108 Å². The molecule has 4 aliphatic rings. The highest BCUT2D eigenvalue weighted by Gasteiger charge is 2.56. The van der Waals surface area contributed by atoms with Gasteiger partial charge in [0.1, 0.15) is 36.1 Å². The molecule has 0 aromatic carbocycles. The number of aliphatic hydroxyl groups excluding tert-OH is 7. The molecule has 12 nitrogen and oxygen atoms in total. The number of aliphatic hydroxyl groups is 8. The van der Waals surface area contributed by atoms with Crippen molar-refractivity contribution in [2.75, 3.05) is 39.6 Å². The lowest BCUT2D eigenvalue weighted by atomic mass is 9.46. The lowest BCUT2D eigenvalue weighted by Crippen LogP contribution is -2.60. The Hall–Kier alpha value is -1.00. The highest BCUT2D eigenvalue weighted by atomic mass is 16.7. The zero-order valence-corrected chi connectivity index (χ0v) is 25.5. The summed E-state index contributed by atoms with van der Waals surface area (Å²) in [6.07, 6.45) is -0.677. The van der Waals surface area contributed by atoms with Crippen LogP contribution in [0.15, 0.2) is 23.3 Å². The molecule has 12 unspecified atom stereocenters. The van der Waals surface area contributed by atoms with Crippen molar-refractivity contribution in [2.24, 2.45) is 22.7 Å². The first-order valence-corrected chi connectivity index (χ1v) is 15.5. The lowest BCUT2D eigenvalue weighted by Gasteiger charge is -2.59. The number of hydrogen-bond acceptors (Lipinski definition) is 12. The average Bonchev–Trinajstić information content (AvgIpc) is 3.29. The third-order valence-corrected chi connectivity index (χ3v) is 11.0. The number of ether oxygens (including phenoxy) is 4. The van der Waals surface area contributed by atoms with Crippen molar-refractivity contribution < 1.29 is 59.8 Å². The Labute approximate surface area is 253 Å². The van der Waals surface area contributed by atoms with Gasteiger partial charge in [0, 0.05) is 5.41 Å². The van der Waals surface area contributed by atoms with Crippen LogP contribution in [0, 0.1) is 22.7 Å². The van der Waals surface area contributed by atoms with E-state index in [2.05, 4.69) is 26.8 Å². The molecule has 0 aromatic heterocycles. The quantitative estimate of drug-likeness (QED) is 0.134. The topological polar surface area (TPSA) is 199 Å². The summed E-state index contributed by atoms with van der Waals surface area (Å²) in [6, 6.07) is 0. The summed E-state index contributed by atoms with van der Waals surface area (Å²) in [4.78, 5) is 0. The van der Waals surface area contributed by atoms with E-state index in [1.807, 2.05) is 0 Å². The summed E-state index contributed by atoms with van der Waals surface area (Å²) in [5, 5.41) is 81.1. The van der Waals surface area contributed by atoms with Crippen LogP contribution in [0.3, 0.4) is 0 Å². The van der Waals surface area contributed by atoms with E-state index in [1.165, 1.54) is 5.57 Å². The van der Waals surface area contributed by atoms with E-state index < -0.39 is 55.3 Å². The van der Waals surface area contributed by atoms with Crippen LogP contribution in [0.25, 0.3) is 0 Å². The first-order chi connectivity index (χ1) is 20.4. The normalized spacial score (nSPS) is 45.6. The van der Waals surface area contributed by atoms with Gasteiger partial charge in [-0.1, -0.05) is 31.6 Å². The molecule has 2 aliphatic carbocycles. The van der Waals surface area contributed by atoms with Gasteiger partial charge in [-0.05, 0) is 68.3 Å². The standard InChI is InChI=1S/C31H52O12/c1-18-7-11-30(19(2)5-4-6-22(30)29(18,3)10-8-20(13-33)9-12-32)16-41-27-25(37)24(36)23(35)21(43-27)14-40-28-26(38)31(39,15-34)17-42-28/h5,9,18,21-28,32-39H,4,6-8,10-17H2,1-3H3. The summed E-state index contributed by atoms with van der Waals surface area (Å²) >= 11 is 0. The maximum Gasteiger partial charge on any atom is 0.186 e. The van der Waals surface area contributed by atoms with Gasteiger partial charge in [-0.3, -0.25) is 0 Å². The molecular formula is C31H52O12. The van der Waals surface area contributed by atoms with Gasteiger partial charge in [0.2, 0.25) is 0 Å². The Morgan fingerprint density at radius 2 is 1.79 bits per heavy atom. The van der Waals surface area contributed by atoms with Crippen molar-refractivity contribution in [3.05, 3.63) is 23.3 Å². The fraction of sp³-hybridized carbons (Fsp3) is 0.871. The van der Waals surface area contributed by atoms with Gasteiger partial charge < -0.3 is 59.8 Å². The molecule has 1 saturated carbocycles. The van der Waals surface area contributed by atoms with Crippen LogP contribution in [0.5, 0.6) is 0 Å². The molecule has 2 aliphatic heterocycles. The number of rotatable bonds is 12. The van der Waals surface area contributed by atoms with Crippen LogP contribution in [0.1, 0.15) is 59.3 Å². The minimum Gasteiger partial charge on any atom is -0.393 e. The van der Waals surface area contributed by atoms with Crippen LogP contribution >= 0.6 is 0 Å². The van der Waals surface area contributed by atoms with Crippen molar-refractivity contribution in [3.63, 3.8) is 0 Å². The minimum atomic E-state index is -1.87. The number of hydrogen-bond donors (Lipinski definition) is 8. The SMILES string of the molecule is CC1=CCCC2C1(COC1OC(COC3OCC(O)(CO)C3O)C(O)C(O)C1O)CCC(C)C2(C)CCC(=CCO)CO. The Bertz CT molecular complexity index is 990. The zero-order valence-electron chi connectivity index (χ0n) is 25.5. The van der Waals surface area contributed by atoms with E-state index in [0.717, 1.165) is 37.7 Å². The summed E-state index contributed by atoms with van der Waals surface area (Å²) < 4.78 is 23.0. The van der Waals surface area contributed by atoms with Crippen LogP contribution < -0.4 is 0 Å². The fourth-order valence-electron chi connectivity index (χ4n) is 7.76. The third-order valence-electron chi connectivity index (χ3n) is 11.0. The number of fused-ring (bicyclic) bond motifs is 1. The fourth-order valence-corrected chi connectivity index (χ4v) is 7.76. The second-order valence-corrected chi connectivity index (χ2v) is 13.4. The third kappa shape index (κ3) is 6.77. The van der Waals surface area contributed by atoms with Crippen LogP contribution in [-0.4, -0.2) is 129 Å². The van der Waals surface area contributed by atoms with E-state index in [9.17, 15) is 40.9 Å². The van der Waals surface area contributed by atoms with Gasteiger partial charge in [-0.2, -0.15) is 0 Å². The van der Waals surface area contributed by atoms with Gasteiger partial charge in [0.05, 0.1) is 39.6 Å². The average molecular weight is 617 g/mol. The monoisotopic (exact) mass is 616 g/mol. The van der Waals surface area contributed by atoms with Crippen LogP contribution in [0.2, 0.25) is 0 Å². The molecule has 0 radical (unpaired) electrons. The van der Waals surface area contributed by atoms with Crippen molar-refractivity contribution >= 4 is 0 Å². The first kappa shape index (κ1) is 34.9. The molecule has 2 saturated heterocycles. The summed E-state index contributed by atoms with van der Waals surface area (Å²) in [6.45, 7) is 5.31.